The van der Waals surface area contributed by atoms with Gasteiger partial charge in [-0.2, -0.15) is 0 Å². The molecule has 3 rings (SSSR count). The predicted molar refractivity (Wildman–Crippen MR) is 80.5 cm³/mol. The molecule has 1 aliphatic rings. The van der Waals surface area contributed by atoms with Crippen LogP contribution in [-0.2, 0) is 17.6 Å². The van der Waals surface area contributed by atoms with Gasteiger partial charge in [-0.25, -0.2) is 0 Å². The quantitative estimate of drug-likeness (QED) is 0.938. The number of halogens is 1. The second-order valence-electron chi connectivity index (χ2n) is 4.98. The Morgan fingerprint density at radius 3 is 2.95 bits per heavy atom. The van der Waals surface area contributed by atoms with Crippen molar-refractivity contribution >= 4 is 15.9 Å². The SMILES string of the molecule is OC(Cc1ccc(Br)cn1)C1OCCc2ccccc21. The molecule has 1 aliphatic heterocycles. The molecule has 1 aromatic heterocycles. The molecule has 20 heavy (non-hydrogen) atoms. The zero-order valence-electron chi connectivity index (χ0n) is 11.0. The van der Waals surface area contributed by atoms with E-state index >= 15 is 0 Å². The first-order valence-electron chi connectivity index (χ1n) is 6.72. The number of benzene rings is 1. The number of ether oxygens (including phenoxy) is 1. The largest absolute Gasteiger partial charge is 0.390 e. The fourth-order valence-electron chi connectivity index (χ4n) is 2.59. The van der Waals surface area contributed by atoms with E-state index in [0.29, 0.717) is 13.0 Å². The standard InChI is InChI=1S/C16H16BrNO2/c17-12-5-6-13(18-10-12)9-15(19)16-14-4-2-1-3-11(14)7-8-20-16/h1-6,10,15-16,19H,7-9H2. The van der Waals surface area contributed by atoms with Gasteiger partial charge in [-0.15, -0.1) is 0 Å². The van der Waals surface area contributed by atoms with E-state index in [4.69, 9.17) is 4.74 Å². The Kier molecular flexibility index (Phi) is 4.15. The van der Waals surface area contributed by atoms with Gasteiger partial charge in [0, 0.05) is 22.8 Å². The highest BCUT2D eigenvalue weighted by Crippen LogP contribution is 2.30. The van der Waals surface area contributed by atoms with E-state index in [1.165, 1.54) is 5.56 Å². The van der Waals surface area contributed by atoms with E-state index < -0.39 is 6.10 Å². The van der Waals surface area contributed by atoms with Crippen LogP contribution in [0, 0.1) is 0 Å². The molecule has 2 heterocycles. The molecule has 2 aromatic rings. The molecule has 2 atom stereocenters. The summed E-state index contributed by atoms with van der Waals surface area (Å²) in [7, 11) is 0. The Morgan fingerprint density at radius 1 is 1.30 bits per heavy atom. The number of pyridine rings is 1. The number of aliphatic hydroxyl groups is 1. The summed E-state index contributed by atoms with van der Waals surface area (Å²) in [6.07, 6.45) is 2.32. The van der Waals surface area contributed by atoms with Crippen LogP contribution < -0.4 is 0 Å². The first kappa shape index (κ1) is 13.7. The maximum absolute atomic E-state index is 10.5. The highest BCUT2D eigenvalue weighted by molar-refractivity contribution is 9.10. The molecule has 104 valence electrons. The highest BCUT2D eigenvalue weighted by atomic mass is 79.9. The molecule has 2 unspecified atom stereocenters. The van der Waals surface area contributed by atoms with E-state index in [1.54, 1.807) is 6.20 Å². The van der Waals surface area contributed by atoms with Gasteiger partial charge in [0.05, 0.1) is 12.7 Å². The third kappa shape index (κ3) is 2.92. The number of nitrogens with zero attached hydrogens (tertiary/aromatic N) is 1. The fourth-order valence-corrected chi connectivity index (χ4v) is 2.83. The van der Waals surface area contributed by atoms with Crippen molar-refractivity contribution in [1.29, 1.82) is 0 Å². The zero-order chi connectivity index (χ0) is 13.9. The lowest BCUT2D eigenvalue weighted by molar-refractivity contribution is -0.0464. The minimum absolute atomic E-state index is 0.259. The van der Waals surface area contributed by atoms with Crippen molar-refractivity contribution in [2.75, 3.05) is 6.61 Å². The Hall–Kier alpha value is -1.23. The fraction of sp³-hybridized carbons (Fsp3) is 0.312. The highest BCUT2D eigenvalue weighted by Gasteiger charge is 2.27. The second-order valence-corrected chi connectivity index (χ2v) is 5.90. The normalized spacial score (nSPS) is 19.4. The second kappa shape index (κ2) is 6.04. The lowest BCUT2D eigenvalue weighted by Crippen LogP contribution is -2.28. The number of aliphatic hydroxyl groups excluding tert-OH is 1. The van der Waals surface area contributed by atoms with Crippen LogP contribution >= 0.6 is 15.9 Å². The molecule has 0 radical (unpaired) electrons. The molecule has 1 aromatic carbocycles. The summed E-state index contributed by atoms with van der Waals surface area (Å²) in [6, 6.07) is 12.0. The van der Waals surface area contributed by atoms with Crippen LogP contribution in [0.4, 0.5) is 0 Å². The molecule has 0 spiro atoms. The van der Waals surface area contributed by atoms with Crippen LogP contribution in [0.15, 0.2) is 47.1 Å². The van der Waals surface area contributed by atoms with Gasteiger partial charge in [0.1, 0.15) is 6.10 Å². The topological polar surface area (TPSA) is 42.4 Å². The smallest absolute Gasteiger partial charge is 0.109 e. The zero-order valence-corrected chi connectivity index (χ0v) is 12.6. The lowest BCUT2D eigenvalue weighted by Gasteiger charge is -2.29. The minimum atomic E-state index is -0.579. The molecular weight excluding hydrogens is 318 g/mol. The number of aromatic nitrogens is 1. The monoisotopic (exact) mass is 333 g/mol. The van der Waals surface area contributed by atoms with Gasteiger partial charge in [0.25, 0.3) is 0 Å². The van der Waals surface area contributed by atoms with Gasteiger partial charge in [-0.1, -0.05) is 24.3 Å². The van der Waals surface area contributed by atoms with E-state index in [1.807, 2.05) is 30.3 Å². The third-order valence-corrected chi connectivity index (χ3v) is 4.06. The Balaban J connectivity index is 1.78. The van der Waals surface area contributed by atoms with Crippen molar-refractivity contribution in [3.05, 3.63) is 63.9 Å². The van der Waals surface area contributed by atoms with Gasteiger partial charge >= 0.3 is 0 Å². The average Bonchev–Trinajstić information content (AvgIpc) is 2.49. The van der Waals surface area contributed by atoms with E-state index in [2.05, 4.69) is 27.0 Å². The molecule has 1 N–H and O–H groups in total. The molecule has 0 aliphatic carbocycles. The number of fused-ring (bicyclic) bond motifs is 1. The number of hydrogen-bond donors (Lipinski definition) is 1. The summed E-state index contributed by atoms with van der Waals surface area (Å²) in [5.41, 5.74) is 3.24. The maximum Gasteiger partial charge on any atom is 0.109 e. The summed E-state index contributed by atoms with van der Waals surface area (Å²) in [4.78, 5) is 4.31. The van der Waals surface area contributed by atoms with E-state index in [-0.39, 0.29) is 6.10 Å². The van der Waals surface area contributed by atoms with Gasteiger partial charge in [0.15, 0.2) is 0 Å². The van der Waals surface area contributed by atoms with Crippen molar-refractivity contribution in [1.82, 2.24) is 4.98 Å². The summed E-state index contributed by atoms with van der Waals surface area (Å²) in [5, 5.41) is 10.5. The van der Waals surface area contributed by atoms with Crippen LogP contribution in [0.1, 0.15) is 22.9 Å². The predicted octanol–water partition coefficient (Wildman–Crippen LogP) is 3.06. The van der Waals surface area contributed by atoms with Crippen LogP contribution in [0.25, 0.3) is 0 Å². The molecule has 0 fully saturated rings. The molecule has 0 saturated carbocycles. The lowest BCUT2D eigenvalue weighted by atomic mass is 9.93. The number of hydrogen-bond acceptors (Lipinski definition) is 3. The van der Waals surface area contributed by atoms with Gasteiger partial charge < -0.3 is 9.84 Å². The Labute approximate surface area is 126 Å². The van der Waals surface area contributed by atoms with Crippen molar-refractivity contribution in [3.8, 4) is 0 Å². The third-order valence-electron chi connectivity index (χ3n) is 3.59. The van der Waals surface area contributed by atoms with Gasteiger partial charge in [-0.3, -0.25) is 4.98 Å². The van der Waals surface area contributed by atoms with Crippen LogP contribution in [0.3, 0.4) is 0 Å². The molecule has 4 heteroatoms. The van der Waals surface area contributed by atoms with Gasteiger partial charge in [-0.05, 0) is 45.6 Å². The van der Waals surface area contributed by atoms with Gasteiger partial charge in [0.2, 0.25) is 0 Å². The Morgan fingerprint density at radius 2 is 2.15 bits per heavy atom. The maximum atomic E-state index is 10.5. The summed E-state index contributed by atoms with van der Waals surface area (Å²) < 4.78 is 6.71. The van der Waals surface area contributed by atoms with Crippen LogP contribution in [0.5, 0.6) is 0 Å². The molecule has 0 bridgehead atoms. The Bertz CT molecular complexity index is 585. The van der Waals surface area contributed by atoms with Crippen LogP contribution in [0.2, 0.25) is 0 Å². The van der Waals surface area contributed by atoms with Crippen molar-refractivity contribution in [3.63, 3.8) is 0 Å². The van der Waals surface area contributed by atoms with Crippen molar-refractivity contribution < 1.29 is 9.84 Å². The number of rotatable bonds is 3. The minimum Gasteiger partial charge on any atom is -0.390 e. The van der Waals surface area contributed by atoms with E-state index in [0.717, 1.165) is 22.2 Å². The van der Waals surface area contributed by atoms with Crippen molar-refractivity contribution in [2.45, 2.75) is 25.0 Å². The summed E-state index contributed by atoms with van der Waals surface area (Å²) >= 11 is 3.36. The van der Waals surface area contributed by atoms with Crippen molar-refractivity contribution in [2.24, 2.45) is 0 Å². The first-order chi connectivity index (χ1) is 9.74. The molecule has 3 nitrogen and oxygen atoms in total. The summed E-state index contributed by atoms with van der Waals surface area (Å²) in [5.74, 6) is 0. The molecule has 0 saturated heterocycles. The summed E-state index contributed by atoms with van der Waals surface area (Å²) in [6.45, 7) is 0.659. The van der Waals surface area contributed by atoms with Crippen LogP contribution in [-0.4, -0.2) is 22.8 Å². The molecular formula is C16H16BrNO2. The first-order valence-corrected chi connectivity index (χ1v) is 7.51. The molecule has 0 amide bonds. The van der Waals surface area contributed by atoms with E-state index in [9.17, 15) is 5.11 Å². The average molecular weight is 334 g/mol.